The van der Waals surface area contributed by atoms with Crippen molar-refractivity contribution in [1.29, 1.82) is 0 Å². The number of hydrogen-bond donors (Lipinski definition) is 2. The smallest absolute Gasteiger partial charge is 0.0314 e. The van der Waals surface area contributed by atoms with E-state index in [-0.39, 0.29) is 0 Å². The maximum Gasteiger partial charge on any atom is 0.0314 e. The van der Waals surface area contributed by atoms with Crippen molar-refractivity contribution >= 4 is 17.4 Å². The number of anilines is 1. The summed E-state index contributed by atoms with van der Waals surface area (Å²) < 4.78 is 0. The van der Waals surface area contributed by atoms with Crippen molar-refractivity contribution in [3.05, 3.63) is 24.3 Å². The summed E-state index contributed by atoms with van der Waals surface area (Å²) in [6, 6.07) is 8.82. The highest BCUT2D eigenvalue weighted by molar-refractivity contribution is 7.99. The Labute approximate surface area is 89.3 Å². The lowest BCUT2D eigenvalue weighted by molar-refractivity contribution is 0.674. The first-order chi connectivity index (χ1) is 6.84. The Morgan fingerprint density at radius 1 is 1.36 bits per heavy atom. The first-order valence-electron chi connectivity index (χ1n) is 5.06. The lowest BCUT2D eigenvalue weighted by atomic mass is 10.3. The molecule has 3 heteroatoms. The van der Waals surface area contributed by atoms with Crippen LogP contribution in [0.3, 0.4) is 0 Å². The molecular weight excluding hydrogens is 192 g/mol. The van der Waals surface area contributed by atoms with E-state index in [1.54, 1.807) is 0 Å². The molecule has 1 aromatic carbocycles. The largest absolute Gasteiger partial charge is 0.399 e. The summed E-state index contributed by atoms with van der Waals surface area (Å²) in [5, 5.41) is 3.49. The Hall–Kier alpha value is -0.670. The summed E-state index contributed by atoms with van der Waals surface area (Å²) in [6.45, 7) is 1.19. The van der Waals surface area contributed by atoms with Gasteiger partial charge in [0, 0.05) is 22.4 Å². The molecule has 0 aromatic heterocycles. The Balaban J connectivity index is 1.82. The first-order valence-corrected chi connectivity index (χ1v) is 6.05. The molecule has 0 bridgehead atoms. The van der Waals surface area contributed by atoms with Crippen LogP contribution >= 0.6 is 11.8 Å². The van der Waals surface area contributed by atoms with Gasteiger partial charge in [0.25, 0.3) is 0 Å². The Bertz CT molecular complexity index is 278. The van der Waals surface area contributed by atoms with Gasteiger partial charge >= 0.3 is 0 Å². The molecule has 0 radical (unpaired) electrons. The SMILES string of the molecule is Nc1ccc(SC[C@H]2CCCN2)cc1. The summed E-state index contributed by atoms with van der Waals surface area (Å²) >= 11 is 1.91. The molecule has 2 nitrogen and oxygen atoms in total. The van der Waals surface area contributed by atoms with Crippen molar-refractivity contribution in [2.75, 3.05) is 18.0 Å². The Morgan fingerprint density at radius 2 is 2.14 bits per heavy atom. The van der Waals surface area contributed by atoms with Gasteiger partial charge in [0.1, 0.15) is 0 Å². The molecule has 1 saturated heterocycles. The molecule has 1 aliphatic rings. The standard InChI is InChI=1S/C11H16N2S/c12-9-3-5-11(6-4-9)14-8-10-2-1-7-13-10/h3-6,10,13H,1-2,7-8,12H2/t10-/m1/s1. The van der Waals surface area contributed by atoms with Crippen molar-refractivity contribution < 1.29 is 0 Å². The fourth-order valence-corrected chi connectivity index (χ4v) is 2.67. The zero-order valence-corrected chi connectivity index (χ0v) is 9.02. The van der Waals surface area contributed by atoms with Gasteiger partial charge in [-0.2, -0.15) is 0 Å². The molecule has 1 heterocycles. The van der Waals surface area contributed by atoms with E-state index in [9.17, 15) is 0 Å². The Morgan fingerprint density at radius 3 is 2.79 bits per heavy atom. The molecule has 1 fully saturated rings. The minimum atomic E-state index is 0.706. The summed E-state index contributed by atoms with van der Waals surface area (Å²) in [5.41, 5.74) is 6.46. The zero-order valence-electron chi connectivity index (χ0n) is 8.20. The minimum Gasteiger partial charge on any atom is -0.399 e. The van der Waals surface area contributed by atoms with Crippen LogP contribution in [0.2, 0.25) is 0 Å². The van der Waals surface area contributed by atoms with Crippen molar-refractivity contribution in [3.8, 4) is 0 Å². The van der Waals surface area contributed by atoms with E-state index < -0.39 is 0 Å². The van der Waals surface area contributed by atoms with Crippen LogP contribution in [0.4, 0.5) is 5.69 Å². The van der Waals surface area contributed by atoms with E-state index in [2.05, 4.69) is 17.4 Å². The third kappa shape index (κ3) is 2.66. The van der Waals surface area contributed by atoms with E-state index in [0.717, 1.165) is 5.69 Å². The monoisotopic (exact) mass is 208 g/mol. The maximum absolute atomic E-state index is 5.62. The van der Waals surface area contributed by atoms with Gasteiger partial charge in [-0.1, -0.05) is 0 Å². The molecule has 0 unspecified atom stereocenters. The first kappa shape index (κ1) is 9.87. The Kier molecular flexibility index (Phi) is 3.32. The van der Waals surface area contributed by atoms with Gasteiger partial charge in [0.05, 0.1) is 0 Å². The van der Waals surface area contributed by atoms with Crippen LogP contribution in [-0.4, -0.2) is 18.3 Å². The molecular formula is C11H16N2S. The van der Waals surface area contributed by atoms with Crippen molar-refractivity contribution in [3.63, 3.8) is 0 Å². The van der Waals surface area contributed by atoms with E-state index in [1.807, 2.05) is 23.9 Å². The molecule has 0 amide bonds. The van der Waals surface area contributed by atoms with E-state index in [0.29, 0.717) is 6.04 Å². The van der Waals surface area contributed by atoms with Gasteiger partial charge in [0.15, 0.2) is 0 Å². The number of rotatable bonds is 3. The average molecular weight is 208 g/mol. The lowest BCUT2D eigenvalue weighted by Gasteiger charge is -2.09. The molecule has 1 aliphatic heterocycles. The number of nitrogens with two attached hydrogens (primary N) is 1. The van der Waals surface area contributed by atoms with Crippen LogP contribution in [0.15, 0.2) is 29.2 Å². The highest BCUT2D eigenvalue weighted by atomic mass is 32.2. The van der Waals surface area contributed by atoms with Gasteiger partial charge in [0.2, 0.25) is 0 Å². The lowest BCUT2D eigenvalue weighted by Crippen LogP contribution is -2.23. The number of nitrogen functional groups attached to an aromatic ring is 1. The highest BCUT2D eigenvalue weighted by Crippen LogP contribution is 2.22. The molecule has 2 rings (SSSR count). The van der Waals surface area contributed by atoms with Crippen LogP contribution in [0.5, 0.6) is 0 Å². The fourth-order valence-electron chi connectivity index (χ4n) is 1.66. The van der Waals surface area contributed by atoms with Crippen molar-refractivity contribution in [2.45, 2.75) is 23.8 Å². The summed E-state index contributed by atoms with van der Waals surface area (Å²) in [5.74, 6) is 1.17. The number of thioether (sulfide) groups is 1. The maximum atomic E-state index is 5.62. The summed E-state index contributed by atoms with van der Waals surface area (Å²) in [6.07, 6.45) is 2.65. The second-order valence-corrected chi connectivity index (χ2v) is 4.77. The molecule has 1 atom stereocenters. The molecule has 0 spiro atoms. The second-order valence-electron chi connectivity index (χ2n) is 3.67. The third-order valence-corrected chi connectivity index (χ3v) is 3.67. The predicted octanol–water partition coefficient (Wildman–Crippen LogP) is 2.11. The highest BCUT2D eigenvalue weighted by Gasteiger charge is 2.13. The molecule has 0 aliphatic carbocycles. The number of hydrogen-bond acceptors (Lipinski definition) is 3. The van der Waals surface area contributed by atoms with Gasteiger partial charge in [-0.05, 0) is 43.7 Å². The van der Waals surface area contributed by atoms with Crippen LogP contribution in [0, 0.1) is 0 Å². The molecule has 0 saturated carbocycles. The fraction of sp³-hybridized carbons (Fsp3) is 0.455. The summed E-state index contributed by atoms with van der Waals surface area (Å²) in [7, 11) is 0. The quantitative estimate of drug-likeness (QED) is 0.590. The van der Waals surface area contributed by atoms with E-state index in [4.69, 9.17) is 5.73 Å². The summed E-state index contributed by atoms with van der Waals surface area (Å²) in [4.78, 5) is 1.31. The van der Waals surface area contributed by atoms with E-state index in [1.165, 1.54) is 30.0 Å². The van der Waals surface area contributed by atoms with Crippen molar-refractivity contribution in [2.24, 2.45) is 0 Å². The van der Waals surface area contributed by atoms with Gasteiger partial charge < -0.3 is 11.1 Å². The molecule has 3 N–H and O–H groups in total. The molecule has 1 aromatic rings. The third-order valence-electron chi connectivity index (χ3n) is 2.49. The molecule has 76 valence electrons. The average Bonchev–Trinajstić information content (AvgIpc) is 2.70. The van der Waals surface area contributed by atoms with Crippen LogP contribution in [0.25, 0.3) is 0 Å². The second kappa shape index (κ2) is 4.71. The van der Waals surface area contributed by atoms with Gasteiger partial charge in [-0.15, -0.1) is 11.8 Å². The van der Waals surface area contributed by atoms with Crippen molar-refractivity contribution in [1.82, 2.24) is 5.32 Å². The number of benzene rings is 1. The number of nitrogens with one attached hydrogen (secondary N) is 1. The minimum absolute atomic E-state index is 0.706. The molecule has 14 heavy (non-hydrogen) atoms. The zero-order chi connectivity index (χ0) is 9.80. The van der Waals surface area contributed by atoms with Gasteiger partial charge in [-0.3, -0.25) is 0 Å². The topological polar surface area (TPSA) is 38.0 Å². The normalized spacial score (nSPS) is 21.3. The van der Waals surface area contributed by atoms with Crippen LogP contribution < -0.4 is 11.1 Å². The van der Waals surface area contributed by atoms with Gasteiger partial charge in [-0.25, -0.2) is 0 Å². The van der Waals surface area contributed by atoms with Crippen LogP contribution in [0.1, 0.15) is 12.8 Å². The van der Waals surface area contributed by atoms with Crippen LogP contribution in [-0.2, 0) is 0 Å². The predicted molar refractivity (Wildman–Crippen MR) is 62.6 cm³/mol. The van der Waals surface area contributed by atoms with E-state index >= 15 is 0 Å².